The largest absolute Gasteiger partial charge is 0.360 e. The van der Waals surface area contributed by atoms with Crippen molar-refractivity contribution >= 4 is 23.0 Å². The molecule has 0 saturated carbocycles. The Morgan fingerprint density at radius 1 is 1.10 bits per heavy atom. The summed E-state index contributed by atoms with van der Waals surface area (Å²) in [6.07, 6.45) is 1.30. The molecule has 1 heterocycles. The van der Waals surface area contributed by atoms with Crippen LogP contribution in [0.1, 0.15) is 20.8 Å². The fourth-order valence-corrected chi connectivity index (χ4v) is 1.75. The lowest BCUT2D eigenvalue weighted by Crippen LogP contribution is -2.27. The monoisotopic (exact) mass is 287 g/mol. The van der Waals surface area contributed by atoms with Crippen LogP contribution in [0, 0.1) is 10.1 Å². The van der Waals surface area contributed by atoms with E-state index in [0.29, 0.717) is 0 Å². The van der Waals surface area contributed by atoms with E-state index in [1.54, 1.807) is 0 Å². The maximum atomic E-state index is 11.4. The molecule has 2 rings (SSSR count). The molecule has 0 aliphatic rings. The van der Waals surface area contributed by atoms with E-state index in [4.69, 9.17) is 0 Å². The zero-order chi connectivity index (χ0) is 15.5. The molecule has 0 fully saturated rings. The summed E-state index contributed by atoms with van der Waals surface area (Å²) in [7, 11) is 0. The van der Waals surface area contributed by atoms with Crippen molar-refractivity contribution in [2.75, 3.05) is 10.6 Å². The summed E-state index contributed by atoms with van der Waals surface area (Å²) in [5.41, 5.74) is 0.209. The van der Waals surface area contributed by atoms with E-state index in [-0.39, 0.29) is 22.9 Å². The van der Waals surface area contributed by atoms with E-state index in [0.717, 1.165) is 5.69 Å². The molecule has 7 nitrogen and oxygen atoms in total. The summed E-state index contributed by atoms with van der Waals surface area (Å²) in [5, 5.41) is 17.3. The Hall–Kier alpha value is -2.70. The number of aromatic nitrogens is 2. The average Bonchev–Trinajstić information content (AvgIpc) is 2.37. The first kappa shape index (κ1) is 14.7. The van der Waals surface area contributed by atoms with Gasteiger partial charge < -0.3 is 10.6 Å². The van der Waals surface area contributed by atoms with Gasteiger partial charge in [0.1, 0.15) is 6.33 Å². The van der Waals surface area contributed by atoms with Gasteiger partial charge in [-0.05, 0) is 32.9 Å². The molecule has 1 aromatic heterocycles. The van der Waals surface area contributed by atoms with Crippen molar-refractivity contribution in [3.05, 3.63) is 46.8 Å². The summed E-state index contributed by atoms with van der Waals surface area (Å²) in [6.45, 7) is 5.72. The molecule has 0 bridgehead atoms. The highest BCUT2D eigenvalue weighted by molar-refractivity contribution is 5.73. The molecule has 7 heteroatoms. The highest BCUT2D eigenvalue weighted by Crippen LogP contribution is 2.32. The maximum Gasteiger partial charge on any atom is 0.353 e. The lowest BCUT2D eigenvalue weighted by molar-refractivity contribution is -0.383. The maximum absolute atomic E-state index is 11.4. The molecule has 0 aliphatic carbocycles. The van der Waals surface area contributed by atoms with E-state index in [2.05, 4.69) is 20.6 Å². The second kappa shape index (κ2) is 5.74. The van der Waals surface area contributed by atoms with Gasteiger partial charge in [0, 0.05) is 11.2 Å². The molecule has 0 amide bonds. The van der Waals surface area contributed by atoms with Gasteiger partial charge in [-0.25, -0.2) is 9.97 Å². The number of rotatable bonds is 4. The van der Waals surface area contributed by atoms with Crippen LogP contribution in [0.5, 0.6) is 0 Å². The Morgan fingerprint density at radius 3 is 2.29 bits per heavy atom. The fraction of sp³-hybridized carbons (Fsp3) is 0.286. The quantitative estimate of drug-likeness (QED) is 0.661. The lowest BCUT2D eigenvalue weighted by atomic mass is 10.1. The number of anilines is 3. The molecule has 21 heavy (non-hydrogen) atoms. The van der Waals surface area contributed by atoms with Gasteiger partial charge in [0.2, 0.25) is 11.6 Å². The summed E-state index contributed by atoms with van der Waals surface area (Å²) in [4.78, 5) is 18.8. The van der Waals surface area contributed by atoms with Crippen LogP contribution < -0.4 is 10.6 Å². The van der Waals surface area contributed by atoms with Crippen molar-refractivity contribution in [2.45, 2.75) is 26.3 Å². The van der Waals surface area contributed by atoms with Crippen LogP contribution in [0.3, 0.4) is 0 Å². The van der Waals surface area contributed by atoms with E-state index in [1.807, 2.05) is 51.1 Å². The van der Waals surface area contributed by atoms with E-state index < -0.39 is 4.92 Å². The van der Waals surface area contributed by atoms with E-state index >= 15 is 0 Å². The normalized spacial score (nSPS) is 11.0. The van der Waals surface area contributed by atoms with E-state index in [1.165, 1.54) is 6.33 Å². The lowest BCUT2D eigenvalue weighted by Gasteiger charge is -2.21. The van der Waals surface area contributed by atoms with Gasteiger partial charge in [-0.1, -0.05) is 18.2 Å². The molecular weight excluding hydrogens is 270 g/mol. The molecule has 0 radical (unpaired) electrons. The van der Waals surface area contributed by atoms with Crippen molar-refractivity contribution in [2.24, 2.45) is 0 Å². The molecule has 2 N–H and O–H groups in total. The van der Waals surface area contributed by atoms with Crippen LogP contribution in [0.25, 0.3) is 0 Å². The Balaban J connectivity index is 2.41. The first-order chi connectivity index (χ1) is 9.87. The predicted octanol–water partition coefficient (Wildman–Crippen LogP) is 3.34. The molecular formula is C14H17N5O2. The molecule has 0 aliphatic heterocycles. The zero-order valence-electron chi connectivity index (χ0n) is 12.1. The highest BCUT2D eigenvalue weighted by Gasteiger charge is 2.25. The van der Waals surface area contributed by atoms with Gasteiger partial charge in [-0.15, -0.1) is 0 Å². The second-order valence-corrected chi connectivity index (χ2v) is 5.54. The minimum Gasteiger partial charge on any atom is -0.360 e. The fourth-order valence-electron chi connectivity index (χ4n) is 1.75. The summed E-state index contributed by atoms with van der Waals surface area (Å²) in [6, 6.07) is 9.16. The molecule has 2 aromatic rings. The first-order valence-electron chi connectivity index (χ1n) is 6.46. The highest BCUT2D eigenvalue weighted by atomic mass is 16.6. The Morgan fingerprint density at radius 2 is 1.71 bits per heavy atom. The van der Waals surface area contributed by atoms with Crippen molar-refractivity contribution in [3.63, 3.8) is 0 Å². The molecule has 0 saturated heterocycles. The minimum atomic E-state index is -0.487. The minimum absolute atomic E-state index is 0.160. The predicted molar refractivity (Wildman–Crippen MR) is 81.8 cm³/mol. The topological polar surface area (TPSA) is 93.0 Å². The van der Waals surface area contributed by atoms with Crippen molar-refractivity contribution in [3.8, 4) is 0 Å². The third kappa shape index (κ3) is 3.88. The summed E-state index contributed by atoms with van der Waals surface area (Å²) >= 11 is 0. The Labute approximate surface area is 122 Å². The Bertz CT molecular complexity index is 638. The molecule has 0 spiro atoms. The van der Waals surface area contributed by atoms with Crippen molar-refractivity contribution in [1.82, 2.24) is 9.97 Å². The Kier molecular flexibility index (Phi) is 4.02. The van der Waals surface area contributed by atoms with Gasteiger partial charge >= 0.3 is 5.69 Å². The van der Waals surface area contributed by atoms with Gasteiger partial charge in [0.15, 0.2) is 0 Å². The van der Waals surface area contributed by atoms with Crippen molar-refractivity contribution < 1.29 is 4.92 Å². The standard InChI is InChI=1S/C14H17N5O2/c1-14(2,3)18-13-11(19(20)21)12(15-9-16-13)17-10-7-5-4-6-8-10/h4-9H,1-3H3,(H2,15,16,17,18). The number of nitro groups is 1. The number of hydrogen-bond donors (Lipinski definition) is 2. The van der Waals surface area contributed by atoms with Crippen LogP contribution in [-0.4, -0.2) is 20.4 Å². The van der Waals surface area contributed by atoms with Gasteiger partial charge in [0.05, 0.1) is 4.92 Å². The summed E-state index contributed by atoms with van der Waals surface area (Å²) < 4.78 is 0. The SMILES string of the molecule is CC(C)(C)Nc1ncnc(Nc2ccccc2)c1[N+](=O)[O-]. The average molecular weight is 287 g/mol. The molecule has 0 unspecified atom stereocenters. The number of nitrogens with zero attached hydrogens (tertiary/aromatic N) is 3. The van der Waals surface area contributed by atoms with Crippen molar-refractivity contribution in [1.29, 1.82) is 0 Å². The van der Waals surface area contributed by atoms with Crippen LogP contribution in [0.2, 0.25) is 0 Å². The first-order valence-corrected chi connectivity index (χ1v) is 6.46. The van der Waals surface area contributed by atoms with Crippen LogP contribution in [0.15, 0.2) is 36.7 Å². The molecule has 1 aromatic carbocycles. The number of hydrogen-bond acceptors (Lipinski definition) is 6. The third-order valence-corrected chi connectivity index (χ3v) is 2.53. The van der Waals surface area contributed by atoms with Gasteiger partial charge in [-0.2, -0.15) is 0 Å². The third-order valence-electron chi connectivity index (χ3n) is 2.53. The second-order valence-electron chi connectivity index (χ2n) is 5.54. The van der Waals surface area contributed by atoms with Gasteiger partial charge in [0.25, 0.3) is 0 Å². The summed E-state index contributed by atoms with van der Waals surface area (Å²) in [5.74, 6) is 0.355. The molecule has 110 valence electrons. The smallest absolute Gasteiger partial charge is 0.353 e. The van der Waals surface area contributed by atoms with E-state index in [9.17, 15) is 10.1 Å². The number of para-hydroxylation sites is 1. The van der Waals surface area contributed by atoms with Crippen LogP contribution in [0.4, 0.5) is 23.0 Å². The number of benzene rings is 1. The molecule has 0 atom stereocenters. The van der Waals surface area contributed by atoms with Crippen LogP contribution >= 0.6 is 0 Å². The van der Waals surface area contributed by atoms with Gasteiger partial charge in [-0.3, -0.25) is 10.1 Å². The van der Waals surface area contributed by atoms with Crippen LogP contribution in [-0.2, 0) is 0 Å². The number of nitrogens with one attached hydrogen (secondary N) is 2. The zero-order valence-corrected chi connectivity index (χ0v) is 12.1.